The highest BCUT2D eigenvalue weighted by Crippen LogP contribution is 2.19. The van der Waals surface area contributed by atoms with Crippen LogP contribution in [0.4, 0.5) is 0 Å². The Kier molecular flexibility index (Phi) is 5.22. The van der Waals surface area contributed by atoms with E-state index in [1.807, 2.05) is 0 Å². The first-order valence-electron chi connectivity index (χ1n) is 8.01. The molecule has 20 heavy (non-hydrogen) atoms. The highest BCUT2D eigenvalue weighted by molar-refractivity contribution is 5.22. The molecule has 0 amide bonds. The maximum Gasteiger partial charge on any atom is 0.0233 e. The van der Waals surface area contributed by atoms with Crippen molar-refractivity contribution in [1.82, 2.24) is 10.2 Å². The number of rotatable bonds is 5. The zero-order chi connectivity index (χ0) is 14.6. The van der Waals surface area contributed by atoms with Gasteiger partial charge >= 0.3 is 0 Å². The Labute approximate surface area is 124 Å². The number of likely N-dealkylation sites (tertiary alicyclic amines) is 1. The van der Waals surface area contributed by atoms with Crippen LogP contribution in [0.1, 0.15) is 45.2 Å². The van der Waals surface area contributed by atoms with Gasteiger partial charge in [-0.1, -0.05) is 31.2 Å². The van der Waals surface area contributed by atoms with Gasteiger partial charge in [-0.3, -0.25) is 4.90 Å². The molecule has 0 bridgehead atoms. The van der Waals surface area contributed by atoms with E-state index in [0.717, 1.165) is 25.4 Å². The lowest BCUT2D eigenvalue weighted by Gasteiger charge is -2.23. The number of benzene rings is 1. The minimum absolute atomic E-state index is 0.239. The second-order valence-corrected chi connectivity index (χ2v) is 7.19. The van der Waals surface area contributed by atoms with Crippen LogP contribution in [0, 0.1) is 5.92 Å². The highest BCUT2D eigenvalue weighted by atomic mass is 15.1. The zero-order valence-electron chi connectivity index (χ0n) is 13.6. The summed E-state index contributed by atoms with van der Waals surface area (Å²) in [6.45, 7) is 13.7. The lowest BCUT2D eigenvalue weighted by atomic mass is 10.1. The third-order valence-electron chi connectivity index (χ3n) is 4.13. The van der Waals surface area contributed by atoms with Crippen molar-refractivity contribution in [3.8, 4) is 0 Å². The van der Waals surface area contributed by atoms with Crippen LogP contribution in [0.15, 0.2) is 24.3 Å². The molecule has 112 valence electrons. The van der Waals surface area contributed by atoms with Crippen molar-refractivity contribution in [2.24, 2.45) is 5.92 Å². The molecular weight excluding hydrogens is 244 g/mol. The Morgan fingerprint density at radius 1 is 1.15 bits per heavy atom. The second kappa shape index (κ2) is 6.73. The quantitative estimate of drug-likeness (QED) is 0.884. The average molecular weight is 274 g/mol. The van der Waals surface area contributed by atoms with Gasteiger partial charge in [0.15, 0.2) is 0 Å². The third kappa shape index (κ3) is 4.92. The summed E-state index contributed by atoms with van der Waals surface area (Å²) in [5.74, 6) is 0.809. The van der Waals surface area contributed by atoms with Crippen molar-refractivity contribution in [2.45, 2.75) is 52.6 Å². The number of hydrogen-bond donors (Lipinski definition) is 1. The SMILES string of the molecule is CCc1ccc(CN2CCC(CNC(C)(C)C)C2)cc1. The van der Waals surface area contributed by atoms with Crippen molar-refractivity contribution in [3.05, 3.63) is 35.4 Å². The minimum atomic E-state index is 0.239. The van der Waals surface area contributed by atoms with E-state index in [0.29, 0.717) is 0 Å². The van der Waals surface area contributed by atoms with Gasteiger partial charge in [-0.25, -0.2) is 0 Å². The standard InChI is InChI=1S/C18H30N2/c1-5-15-6-8-16(9-7-15)13-20-11-10-17(14-20)12-19-18(2,3)4/h6-9,17,19H,5,10-14H2,1-4H3. The highest BCUT2D eigenvalue weighted by Gasteiger charge is 2.23. The molecule has 1 aromatic carbocycles. The minimum Gasteiger partial charge on any atom is -0.312 e. The summed E-state index contributed by atoms with van der Waals surface area (Å²) in [4.78, 5) is 2.59. The summed E-state index contributed by atoms with van der Waals surface area (Å²) in [7, 11) is 0. The monoisotopic (exact) mass is 274 g/mol. The van der Waals surface area contributed by atoms with Crippen LogP contribution in [0.25, 0.3) is 0 Å². The van der Waals surface area contributed by atoms with Crippen molar-refractivity contribution < 1.29 is 0 Å². The third-order valence-corrected chi connectivity index (χ3v) is 4.13. The number of nitrogens with zero attached hydrogens (tertiary/aromatic N) is 1. The largest absolute Gasteiger partial charge is 0.312 e. The molecule has 1 N–H and O–H groups in total. The van der Waals surface area contributed by atoms with Crippen LogP contribution in [-0.4, -0.2) is 30.1 Å². The lowest BCUT2D eigenvalue weighted by Crippen LogP contribution is -2.39. The maximum atomic E-state index is 3.64. The van der Waals surface area contributed by atoms with E-state index < -0.39 is 0 Å². The molecule has 0 aromatic heterocycles. The van der Waals surface area contributed by atoms with Gasteiger partial charge in [0, 0.05) is 18.6 Å². The van der Waals surface area contributed by atoms with Gasteiger partial charge in [0.2, 0.25) is 0 Å². The molecule has 1 fully saturated rings. The second-order valence-electron chi connectivity index (χ2n) is 7.19. The first-order valence-corrected chi connectivity index (χ1v) is 8.01. The van der Waals surface area contributed by atoms with Crippen LogP contribution in [0.5, 0.6) is 0 Å². The maximum absolute atomic E-state index is 3.64. The smallest absolute Gasteiger partial charge is 0.0233 e. The summed E-state index contributed by atoms with van der Waals surface area (Å²) in [6, 6.07) is 9.12. The molecule has 1 saturated heterocycles. The molecule has 0 aliphatic carbocycles. The van der Waals surface area contributed by atoms with Crippen LogP contribution < -0.4 is 5.32 Å². The Morgan fingerprint density at radius 3 is 2.40 bits per heavy atom. The predicted molar refractivity (Wildman–Crippen MR) is 87.0 cm³/mol. The van der Waals surface area contributed by atoms with Crippen molar-refractivity contribution in [3.63, 3.8) is 0 Å². The van der Waals surface area contributed by atoms with Gasteiger partial charge in [0.05, 0.1) is 0 Å². The fourth-order valence-electron chi connectivity index (χ4n) is 2.81. The molecule has 0 radical (unpaired) electrons. The van der Waals surface area contributed by atoms with E-state index in [4.69, 9.17) is 0 Å². The molecule has 2 nitrogen and oxygen atoms in total. The van der Waals surface area contributed by atoms with Gasteiger partial charge in [0.25, 0.3) is 0 Å². The average Bonchev–Trinajstić information content (AvgIpc) is 2.84. The van der Waals surface area contributed by atoms with Crippen LogP contribution in [-0.2, 0) is 13.0 Å². The normalized spacial score (nSPS) is 20.5. The molecule has 1 aliphatic heterocycles. The molecule has 2 rings (SSSR count). The van der Waals surface area contributed by atoms with E-state index >= 15 is 0 Å². The molecule has 1 unspecified atom stereocenters. The van der Waals surface area contributed by atoms with Crippen LogP contribution in [0.3, 0.4) is 0 Å². The van der Waals surface area contributed by atoms with Crippen molar-refractivity contribution in [1.29, 1.82) is 0 Å². The molecule has 1 heterocycles. The summed E-state index contributed by atoms with van der Waals surface area (Å²) in [6.07, 6.45) is 2.46. The molecule has 0 spiro atoms. The Morgan fingerprint density at radius 2 is 1.80 bits per heavy atom. The summed E-state index contributed by atoms with van der Waals surface area (Å²) in [5.41, 5.74) is 3.12. The van der Waals surface area contributed by atoms with E-state index in [2.05, 4.69) is 62.2 Å². The fourth-order valence-corrected chi connectivity index (χ4v) is 2.81. The van der Waals surface area contributed by atoms with E-state index in [9.17, 15) is 0 Å². The van der Waals surface area contributed by atoms with E-state index in [1.54, 1.807) is 0 Å². The van der Waals surface area contributed by atoms with E-state index in [1.165, 1.54) is 30.6 Å². The summed E-state index contributed by atoms with van der Waals surface area (Å²) >= 11 is 0. The molecule has 1 aromatic rings. The number of nitrogens with one attached hydrogen (secondary N) is 1. The van der Waals surface area contributed by atoms with Gasteiger partial charge < -0.3 is 5.32 Å². The summed E-state index contributed by atoms with van der Waals surface area (Å²) < 4.78 is 0. The Hall–Kier alpha value is -0.860. The van der Waals surface area contributed by atoms with Crippen LogP contribution in [0.2, 0.25) is 0 Å². The zero-order valence-corrected chi connectivity index (χ0v) is 13.6. The Bertz CT molecular complexity index is 402. The van der Waals surface area contributed by atoms with Crippen LogP contribution >= 0.6 is 0 Å². The van der Waals surface area contributed by atoms with E-state index in [-0.39, 0.29) is 5.54 Å². The number of aryl methyl sites for hydroxylation is 1. The molecule has 0 saturated carbocycles. The lowest BCUT2D eigenvalue weighted by molar-refractivity contribution is 0.305. The Balaban J connectivity index is 1.77. The van der Waals surface area contributed by atoms with Gasteiger partial charge in [0.1, 0.15) is 0 Å². The summed E-state index contributed by atoms with van der Waals surface area (Å²) in [5, 5.41) is 3.64. The molecular formula is C18H30N2. The molecule has 2 heteroatoms. The van der Waals surface area contributed by atoms with Gasteiger partial charge in [-0.15, -0.1) is 0 Å². The molecule has 1 atom stereocenters. The van der Waals surface area contributed by atoms with Crippen molar-refractivity contribution in [2.75, 3.05) is 19.6 Å². The molecule has 1 aliphatic rings. The first kappa shape index (κ1) is 15.5. The number of hydrogen-bond acceptors (Lipinski definition) is 2. The fraction of sp³-hybridized carbons (Fsp3) is 0.667. The topological polar surface area (TPSA) is 15.3 Å². The van der Waals surface area contributed by atoms with Crippen molar-refractivity contribution >= 4 is 0 Å². The predicted octanol–water partition coefficient (Wildman–Crippen LogP) is 3.46. The van der Waals surface area contributed by atoms with Gasteiger partial charge in [-0.2, -0.15) is 0 Å². The van der Waals surface area contributed by atoms with Gasteiger partial charge in [-0.05, 0) is 63.7 Å². The first-order chi connectivity index (χ1) is 9.46.